The first-order valence-corrected chi connectivity index (χ1v) is 11.4. The summed E-state index contributed by atoms with van der Waals surface area (Å²) in [5.41, 5.74) is 1.74. The smallest absolute Gasteiger partial charge is 0.268 e. The first-order valence-electron chi connectivity index (χ1n) is 8.91. The van der Waals surface area contributed by atoms with Gasteiger partial charge in [-0.2, -0.15) is 8.42 Å². The zero-order valence-electron chi connectivity index (χ0n) is 15.4. The van der Waals surface area contributed by atoms with Gasteiger partial charge in [0.2, 0.25) is 0 Å². The predicted molar refractivity (Wildman–Crippen MR) is 119 cm³/mol. The van der Waals surface area contributed by atoms with Crippen LogP contribution in [0, 0.1) is 0 Å². The first-order chi connectivity index (χ1) is 14.3. The highest BCUT2D eigenvalue weighted by molar-refractivity contribution is 7.91. The van der Waals surface area contributed by atoms with Crippen LogP contribution in [0.25, 0.3) is 0 Å². The summed E-state index contributed by atoms with van der Waals surface area (Å²) in [6.45, 7) is -0.185. The van der Waals surface area contributed by atoms with Crippen LogP contribution in [0.5, 0.6) is 0 Å². The van der Waals surface area contributed by atoms with Gasteiger partial charge in [-0.25, -0.2) is 8.61 Å². The Kier molecular flexibility index (Phi) is 5.68. The van der Waals surface area contributed by atoms with Crippen molar-refractivity contribution in [3.8, 4) is 0 Å². The number of carbonyl (C=O) groups is 1. The third kappa shape index (κ3) is 3.65. The summed E-state index contributed by atoms with van der Waals surface area (Å²) in [6, 6.07) is 18.7. The van der Waals surface area contributed by atoms with Gasteiger partial charge in [-0.1, -0.05) is 83.3 Å². The van der Waals surface area contributed by atoms with Crippen molar-refractivity contribution in [3.63, 3.8) is 0 Å². The Morgan fingerprint density at radius 3 is 2.13 bits per heavy atom. The Morgan fingerprint density at radius 1 is 0.733 bits per heavy atom. The number of carbonyl (C=O) groups excluding carboxylic acids is 1. The number of fused-ring (bicyclic) bond motifs is 1. The van der Waals surface area contributed by atoms with E-state index in [0.717, 1.165) is 8.61 Å². The molecule has 3 aromatic carbocycles. The number of para-hydroxylation sites is 1. The Bertz CT molecular complexity index is 1230. The molecular formula is C21H15Cl3N2O3S. The highest BCUT2D eigenvalue weighted by Crippen LogP contribution is 2.38. The zero-order chi connectivity index (χ0) is 21.5. The van der Waals surface area contributed by atoms with Crippen LogP contribution in [0.3, 0.4) is 0 Å². The fourth-order valence-corrected chi connectivity index (χ4v) is 5.45. The molecule has 0 atom stereocenters. The Labute approximate surface area is 189 Å². The van der Waals surface area contributed by atoms with Crippen LogP contribution < -0.4 is 4.31 Å². The van der Waals surface area contributed by atoms with Crippen molar-refractivity contribution in [1.29, 1.82) is 0 Å². The van der Waals surface area contributed by atoms with Gasteiger partial charge >= 0.3 is 10.2 Å². The Hall–Kier alpha value is -2.25. The Morgan fingerprint density at radius 2 is 1.40 bits per heavy atom. The van der Waals surface area contributed by atoms with Crippen molar-refractivity contribution in [2.75, 3.05) is 4.31 Å². The van der Waals surface area contributed by atoms with E-state index in [-0.39, 0.29) is 33.8 Å². The van der Waals surface area contributed by atoms with E-state index in [9.17, 15) is 13.2 Å². The molecule has 1 heterocycles. The van der Waals surface area contributed by atoms with Crippen molar-refractivity contribution in [2.45, 2.75) is 13.1 Å². The lowest BCUT2D eigenvalue weighted by atomic mass is 10.1. The molecule has 154 valence electrons. The van der Waals surface area contributed by atoms with Gasteiger partial charge in [-0.15, -0.1) is 0 Å². The number of anilines is 1. The van der Waals surface area contributed by atoms with E-state index in [2.05, 4.69) is 0 Å². The van der Waals surface area contributed by atoms with Crippen molar-refractivity contribution in [1.82, 2.24) is 4.31 Å². The van der Waals surface area contributed by atoms with Crippen molar-refractivity contribution < 1.29 is 13.2 Å². The standard InChI is InChI=1S/C21H15Cl3N2O3S/c22-17-11-10-15(19(23)20(17)24)13-25-18-9-5-4-8-16(18)21(27)26(30(25,28)29)12-14-6-2-1-3-7-14/h1-11H,12-13H2. The molecule has 0 fully saturated rings. The Balaban J connectivity index is 1.81. The molecule has 1 aliphatic rings. The second-order valence-corrected chi connectivity index (χ2v) is 9.60. The quantitative estimate of drug-likeness (QED) is 0.459. The molecule has 0 radical (unpaired) electrons. The van der Waals surface area contributed by atoms with Gasteiger partial charge in [0, 0.05) is 0 Å². The molecular weight excluding hydrogens is 467 g/mol. The average Bonchev–Trinajstić information content (AvgIpc) is 2.75. The molecule has 4 rings (SSSR count). The molecule has 0 unspecified atom stereocenters. The molecule has 0 bridgehead atoms. The topological polar surface area (TPSA) is 57.7 Å². The fraction of sp³-hybridized carbons (Fsp3) is 0.0952. The fourth-order valence-electron chi connectivity index (χ4n) is 3.27. The molecule has 0 N–H and O–H groups in total. The zero-order valence-corrected chi connectivity index (χ0v) is 18.5. The summed E-state index contributed by atoms with van der Waals surface area (Å²) in [6.07, 6.45) is 0. The van der Waals surface area contributed by atoms with Gasteiger partial charge < -0.3 is 0 Å². The summed E-state index contributed by atoms with van der Waals surface area (Å²) < 4.78 is 29.0. The molecule has 0 aliphatic carbocycles. The maximum Gasteiger partial charge on any atom is 0.329 e. The van der Waals surface area contributed by atoms with Gasteiger partial charge in [0.05, 0.1) is 39.4 Å². The van der Waals surface area contributed by atoms with Crippen LogP contribution >= 0.6 is 34.8 Å². The predicted octanol–water partition coefficient (Wildman–Crippen LogP) is 5.55. The summed E-state index contributed by atoms with van der Waals surface area (Å²) in [5.74, 6) is -0.578. The van der Waals surface area contributed by atoms with E-state index in [1.807, 2.05) is 6.07 Å². The average molecular weight is 482 g/mol. The van der Waals surface area contributed by atoms with Gasteiger partial charge in [-0.3, -0.25) is 4.79 Å². The lowest BCUT2D eigenvalue weighted by Gasteiger charge is -2.37. The minimum absolute atomic E-state index is 0.0814. The van der Waals surface area contributed by atoms with Crippen LogP contribution in [0.1, 0.15) is 21.5 Å². The van der Waals surface area contributed by atoms with E-state index < -0.39 is 16.1 Å². The molecule has 30 heavy (non-hydrogen) atoms. The minimum atomic E-state index is -4.18. The van der Waals surface area contributed by atoms with E-state index in [1.165, 1.54) is 0 Å². The van der Waals surface area contributed by atoms with Gasteiger partial charge in [-0.05, 0) is 29.3 Å². The SMILES string of the molecule is O=C1c2ccccc2N(Cc2ccc(Cl)c(Cl)c2Cl)S(=O)(=O)N1Cc1ccccc1. The summed E-state index contributed by atoms with van der Waals surface area (Å²) in [7, 11) is -4.18. The molecule has 0 spiro atoms. The molecule has 9 heteroatoms. The molecule has 1 amide bonds. The molecule has 0 saturated heterocycles. The highest BCUT2D eigenvalue weighted by Gasteiger charge is 2.41. The van der Waals surface area contributed by atoms with E-state index in [4.69, 9.17) is 34.8 Å². The molecule has 0 saturated carbocycles. The van der Waals surface area contributed by atoms with Crippen LogP contribution in [-0.4, -0.2) is 18.6 Å². The summed E-state index contributed by atoms with van der Waals surface area (Å²) >= 11 is 18.4. The van der Waals surface area contributed by atoms with Crippen LogP contribution in [0.15, 0.2) is 66.7 Å². The second-order valence-electron chi connectivity index (χ2n) is 6.66. The lowest BCUT2D eigenvalue weighted by molar-refractivity contribution is 0.0851. The molecule has 0 aromatic heterocycles. The third-order valence-corrected chi connectivity index (χ3v) is 7.85. The number of halogens is 3. The molecule has 5 nitrogen and oxygen atoms in total. The summed E-state index contributed by atoms with van der Waals surface area (Å²) in [4.78, 5) is 13.1. The van der Waals surface area contributed by atoms with Crippen LogP contribution in [0.4, 0.5) is 5.69 Å². The van der Waals surface area contributed by atoms with E-state index in [1.54, 1.807) is 60.7 Å². The molecule has 1 aliphatic heterocycles. The van der Waals surface area contributed by atoms with E-state index in [0.29, 0.717) is 16.7 Å². The maximum absolute atomic E-state index is 13.5. The highest BCUT2D eigenvalue weighted by atomic mass is 35.5. The number of benzene rings is 3. The number of amides is 1. The largest absolute Gasteiger partial charge is 0.329 e. The maximum atomic E-state index is 13.5. The van der Waals surface area contributed by atoms with E-state index >= 15 is 0 Å². The first kappa shape index (κ1) is 21.0. The van der Waals surface area contributed by atoms with Crippen molar-refractivity contribution in [3.05, 3.63) is 98.5 Å². The van der Waals surface area contributed by atoms with Crippen LogP contribution in [0.2, 0.25) is 15.1 Å². The number of nitrogens with zero attached hydrogens (tertiary/aromatic N) is 2. The monoisotopic (exact) mass is 480 g/mol. The molecule has 3 aromatic rings. The minimum Gasteiger partial charge on any atom is -0.268 e. The number of rotatable bonds is 4. The van der Waals surface area contributed by atoms with Gasteiger partial charge in [0.15, 0.2) is 0 Å². The van der Waals surface area contributed by atoms with Crippen molar-refractivity contribution in [2.24, 2.45) is 0 Å². The number of hydrogen-bond acceptors (Lipinski definition) is 3. The van der Waals surface area contributed by atoms with Crippen LogP contribution in [-0.2, 0) is 23.3 Å². The second kappa shape index (κ2) is 8.12. The normalized spacial score (nSPS) is 15.2. The van der Waals surface area contributed by atoms with Gasteiger partial charge in [0.25, 0.3) is 5.91 Å². The lowest BCUT2D eigenvalue weighted by Crippen LogP contribution is -2.50. The van der Waals surface area contributed by atoms with Crippen molar-refractivity contribution >= 4 is 56.6 Å². The third-order valence-electron chi connectivity index (χ3n) is 4.78. The van der Waals surface area contributed by atoms with Gasteiger partial charge in [0.1, 0.15) is 0 Å². The number of hydrogen-bond donors (Lipinski definition) is 0. The summed E-state index contributed by atoms with van der Waals surface area (Å²) in [5, 5.41) is 0.590.